The number of fused-ring (bicyclic) bond motifs is 1. The number of hydrogen-bond acceptors (Lipinski definition) is 2. The summed E-state index contributed by atoms with van der Waals surface area (Å²) in [5.41, 5.74) is 2.83. The molecular weight excluding hydrogens is 417 g/mol. The van der Waals surface area contributed by atoms with Crippen LogP contribution >= 0.6 is 0 Å². The summed E-state index contributed by atoms with van der Waals surface area (Å²) in [6.45, 7) is 5.71. The van der Waals surface area contributed by atoms with E-state index in [1.54, 1.807) is 18.3 Å². The second-order valence-corrected chi connectivity index (χ2v) is 8.44. The number of benzene rings is 2. The first-order valence-electron chi connectivity index (χ1n) is 10.6. The molecule has 1 aromatic heterocycles. The molecule has 0 aliphatic heterocycles. The molecule has 1 fully saturated rings. The number of amides is 1. The summed E-state index contributed by atoms with van der Waals surface area (Å²) in [5, 5.41) is 3.79. The molecule has 0 saturated heterocycles. The van der Waals surface area contributed by atoms with Gasteiger partial charge in [-0.1, -0.05) is 17.7 Å². The van der Waals surface area contributed by atoms with Gasteiger partial charge in [-0.3, -0.25) is 4.79 Å². The average molecular weight is 442 g/mol. The molecule has 4 nitrogen and oxygen atoms in total. The zero-order chi connectivity index (χ0) is 22.9. The maximum Gasteiger partial charge on any atom is 0.416 e. The van der Waals surface area contributed by atoms with E-state index in [9.17, 15) is 18.0 Å². The molecule has 7 heteroatoms. The molecule has 1 saturated carbocycles. The predicted octanol–water partition coefficient (Wildman–Crippen LogP) is 6.81. The number of anilines is 1. The highest BCUT2D eigenvalue weighted by Gasteiger charge is 2.34. The molecule has 0 unspecified atom stereocenters. The van der Waals surface area contributed by atoms with Crippen LogP contribution in [0.2, 0.25) is 0 Å². The van der Waals surface area contributed by atoms with E-state index < -0.39 is 11.7 Å². The number of rotatable bonds is 7. The van der Waals surface area contributed by atoms with E-state index in [0.29, 0.717) is 24.3 Å². The number of alkyl halides is 3. The number of halogens is 3. The summed E-state index contributed by atoms with van der Waals surface area (Å²) in [4.78, 5) is 15.3. The van der Waals surface area contributed by atoms with Crippen LogP contribution in [0.3, 0.4) is 0 Å². The van der Waals surface area contributed by atoms with Crippen LogP contribution < -0.4 is 10.1 Å². The van der Waals surface area contributed by atoms with Crippen molar-refractivity contribution in [2.24, 2.45) is 0 Å². The Kier molecular flexibility index (Phi) is 6.00. The van der Waals surface area contributed by atoms with Gasteiger partial charge in [-0.05, 0) is 68.0 Å². The summed E-state index contributed by atoms with van der Waals surface area (Å²) in [5.74, 6) is 0.824. The minimum Gasteiger partial charge on any atom is -0.490 e. The Labute approximate surface area is 184 Å². The van der Waals surface area contributed by atoms with E-state index in [1.807, 2.05) is 25.1 Å². The van der Waals surface area contributed by atoms with Crippen LogP contribution in [0.5, 0.6) is 5.75 Å². The first-order valence-corrected chi connectivity index (χ1v) is 10.6. The van der Waals surface area contributed by atoms with Crippen molar-refractivity contribution in [1.82, 2.24) is 4.98 Å². The molecule has 1 heterocycles. The molecule has 2 aromatic carbocycles. The van der Waals surface area contributed by atoms with Gasteiger partial charge in [0.1, 0.15) is 5.75 Å². The number of H-pyrrole nitrogens is 1. The SMILES string of the molecule is C=C(C)CCC(=O)Nc1c[nH]c2ccc(O[C@H]3C[C@H](c4ccc(C(F)(F)F)cc4)C3)cc12. The van der Waals surface area contributed by atoms with E-state index in [1.165, 1.54) is 0 Å². The topological polar surface area (TPSA) is 54.1 Å². The van der Waals surface area contributed by atoms with Gasteiger partial charge in [-0.15, -0.1) is 6.58 Å². The van der Waals surface area contributed by atoms with Crippen LogP contribution in [0.4, 0.5) is 18.9 Å². The lowest BCUT2D eigenvalue weighted by Crippen LogP contribution is -2.32. The zero-order valence-corrected chi connectivity index (χ0v) is 17.8. The van der Waals surface area contributed by atoms with E-state index in [0.717, 1.165) is 47.0 Å². The highest BCUT2D eigenvalue weighted by atomic mass is 19.4. The van der Waals surface area contributed by atoms with Crippen LogP contribution in [0.1, 0.15) is 49.7 Å². The summed E-state index contributed by atoms with van der Waals surface area (Å²) in [7, 11) is 0. The van der Waals surface area contributed by atoms with Crippen molar-refractivity contribution in [2.75, 3.05) is 5.32 Å². The Hall–Kier alpha value is -3.22. The molecule has 168 valence electrons. The summed E-state index contributed by atoms with van der Waals surface area (Å²) >= 11 is 0. The van der Waals surface area contributed by atoms with Crippen LogP contribution in [-0.2, 0) is 11.0 Å². The lowest BCUT2D eigenvalue weighted by atomic mass is 9.77. The van der Waals surface area contributed by atoms with Crippen molar-refractivity contribution < 1.29 is 22.7 Å². The van der Waals surface area contributed by atoms with Crippen molar-refractivity contribution in [3.05, 3.63) is 71.9 Å². The number of hydrogen-bond donors (Lipinski definition) is 2. The fourth-order valence-electron chi connectivity index (χ4n) is 3.89. The van der Waals surface area contributed by atoms with Gasteiger partial charge in [-0.2, -0.15) is 13.2 Å². The average Bonchev–Trinajstić information content (AvgIpc) is 3.10. The van der Waals surface area contributed by atoms with Gasteiger partial charge in [0.05, 0.1) is 17.4 Å². The quantitative estimate of drug-likeness (QED) is 0.395. The van der Waals surface area contributed by atoms with Gasteiger partial charge in [0.25, 0.3) is 0 Å². The molecule has 3 aromatic rings. The van der Waals surface area contributed by atoms with Gasteiger partial charge in [0.15, 0.2) is 0 Å². The smallest absolute Gasteiger partial charge is 0.416 e. The predicted molar refractivity (Wildman–Crippen MR) is 119 cm³/mol. The molecular formula is C25H25F3N2O2. The number of aromatic nitrogens is 1. The van der Waals surface area contributed by atoms with Crippen LogP contribution in [0.15, 0.2) is 60.8 Å². The van der Waals surface area contributed by atoms with Gasteiger partial charge in [-0.25, -0.2) is 0 Å². The minimum absolute atomic E-state index is 0.00675. The summed E-state index contributed by atoms with van der Waals surface area (Å²) < 4.78 is 44.3. The standard InChI is InChI=1S/C25H25F3N2O2/c1-15(2)3-10-24(31)30-23-14-29-22-9-8-19(13-21(22)23)32-20-11-17(12-20)16-4-6-18(7-5-16)25(26,27)28/h4-9,13-14,17,20,29H,1,3,10-12H2,2H3,(H,30,31)/t17-,20-. The van der Waals surface area contributed by atoms with Crippen molar-refractivity contribution in [3.63, 3.8) is 0 Å². The summed E-state index contributed by atoms with van der Waals surface area (Å²) in [6.07, 6.45) is -0.0223. The maximum absolute atomic E-state index is 12.7. The van der Waals surface area contributed by atoms with Crippen LogP contribution in [0.25, 0.3) is 10.9 Å². The third-order valence-corrected chi connectivity index (χ3v) is 5.81. The molecule has 0 bridgehead atoms. The monoisotopic (exact) mass is 442 g/mol. The van der Waals surface area contributed by atoms with E-state index in [2.05, 4.69) is 16.9 Å². The van der Waals surface area contributed by atoms with Crippen LogP contribution in [-0.4, -0.2) is 17.0 Å². The number of carbonyl (C=O) groups excluding carboxylic acids is 1. The number of carbonyl (C=O) groups is 1. The third kappa shape index (κ3) is 4.98. The maximum atomic E-state index is 12.7. The summed E-state index contributed by atoms with van der Waals surface area (Å²) in [6, 6.07) is 11.0. The van der Waals surface area contributed by atoms with E-state index >= 15 is 0 Å². The molecule has 32 heavy (non-hydrogen) atoms. The number of ether oxygens (including phenoxy) is 1. The van der Waals surface area contributed by atoms with Crippen molar-refractivity contribution in [1.29, 1.82) is 0 Å². The van der Waals surface area contributed by atoms with E-state index in [4.69, 9.17) is 4.74 Å². The molecule has 0 atom stereocenters. The Bertz CT molecular complexity index is 1130. The minimum atomic E-state index is -4.32. The Morgan fingerprint density at radius 3 is 2.53 bits per heavy atom. The zero-order valence-electron chi connectivity index (χ0n) is 17.8. The molecule has 4 rings (SSSR count). The van der Waals surface area contributed by atoms with Gasteiger partial charge in [0, 0.05) is 23.5 Å². The first-order chi connectivity index (χ1) is 15.2. The van der Waals surface area contributed by atoms with E-state index in [-0.39, 0.29) is 17.9 Å². The molecule has 0 spiro atoms. The Balaban J connectivity index is 1.36. The lowest BCUT2D eigenvalue weighted by Gasteiger charge is -2.35. The molecule has 0 radical (unpaired) electrons. The largest absolute Gasteiger partial charge is 0.490 e. The highest BCUT2D eigenvalue weighted by molar-refractivity contribution is 6.02. The Morgan fingerprint density at radius 1 is 1.16 bits per heavy atom. The fraction of sp³-hybridized carbons (Fsp3) is 0.320. The molecule has 1 aliphatic carbocycles. The molecule has 1 aliphatic rings. The second-order valence-electron chi connectivity index (χ2n) is 8.44. The van der Waals surface area contributed by atoms with Crippen molar-refractivity contribution in [2.45, 2.75) is 50.8 Å². The number of aromatic amines is 1. The molecule has 1 amide bonds. The van der Waals surface area contributed by atoms with Crippen LogP contribution in [0, 0.1) is 0 Å². The van der Waals surface area contributed by atoms with Crippen molar-refractivity contribution >= 4 is 22.5 Å². The highest BCUT2D eigenvalue weighted by Crippen LogP contribution is 2.41. The second kappa shape index (κ2) is 8.73. The number of allylic oxidation sites excluding steroid dienone is 1. The first kappa shape index (κ1) is 22.0. The van der Waals surface area contributed by atoms with Gasteiger partial charge < -0.3 is 15.0 Å². The fourth-order valence-corrected chi connectivity index (χ4v) is 3.89. The normalized spacial score (nSPS) is 18.2. The van der Waals surface area contributed by atoms with Gasteiger partial charge in [0.2, 0.25) is 5.91 Å². The Morgan fingerprint density at radius 2 is 1.88 bits per heavy atom. The number of nitrogens with one attached hydrogen (secondary N) is 2. The van der Waals surface area contributed by atoms with Crippen molar-refractivity contribution in [3.8, 4) is 5.75 Å². The third-order valence-electron chi connectivity index (χ3n) is 5.81. The van der Waals surface area contributed by atoms with Gasteiger partial charge >= 0.3 is 6.18 Å². The lowest BCUT2D eigenvalue weighted by molar-refractivity contribution is -0.137. The molecule has 2 N–H and O–H groups in total.